The van der Waals surface area contributed by atoms with Crippen LogP contribution in [0.15, 0.2) is 4.52 Å². The molecule has 17 heavy (non-hydrogen) atoms. The molecule has 96 valence electrons. The van der Waals surface area contributed by atoms with E-state index in [4.69, 9.17) is 9.26 Å². The minimum Gasteiger partial charge on any atom is -0.370 e. The Balaban J connectivity index is 2.04. The molecule has 1 aliphatic rings. The number of hydrogen-bond acceptors (Lipinski definition) is 5. The summed E-state index contributed by atoms with van der Waals surface area (Å²) < 4.78 is 10.8. The molecule has 5 heteroatoms. The standard InChI is InChI=1S/C12H21N3O2/c1-4-12(2,16-3)11-14-10(17-15-11)8-9-6-5-7-13-9/h9,13H,4-8H2,1-3H3. The third-order valence-electron chi connectivity index (χ3n) is 3.65. The van der Waals surface area contributed by atoms with Crippen LogP contribution in [-0.4, -0.2) is 29.8 Å². The van der Waals surface area contributed by atoms with Gasteiger partial charge in [-0.25, -0.2) is 0 Å². The van der Waals surface area contributed by atoms with E-state index in [0.29, 0.717) is 17.8 Å². The Morgan fingerprint density at radius 1 is 1.59 bits per heavy atom. The summed E-state index contributed by atoms with van der Waals surface area (Å²) in [5.74, 6) is 1.35. The van der Waals surface area contributed by atoms with Crippen LogP contribution in [0.3, 0.4) is 0 Å². The van der Waals surface area contributed by atoms with Gasteiger partial charge in [-0.2, -0.15) is 4.98 Å². The molecule has 2 unspecified atom stereocenters. The van der Waals surface area contributed by atoms with Crippen LogP contribution in [0.5, 0.6) is 0 Å². The molecule has 1 aliphatic heterocycles. The summed E-state index contributed by atoms with van der Waals surface area (Å²) in [6.07, 6.45) is 4.06. The van der Waals surface area contributed by atoms with Crippen LogP contribution in [0.4, 0.5) is 0 Å². The highest BCUT2D eigenvalue weighted by Crippen LogP contribution is 2.25. The molecule has 1 saturated heterocycles. The topological polar surface area (TPSA) is 60.2 Å². The summed E-state index contributed by atoms with van der Waals surface area (Å²) in [5, 5.41) is 7.46. The SMILES string of the molecule is CCC(C)(OC)c1noc(CC2CCCN2)n1. The molecule has 1 fully saturated rings. The van der Waals surface area contributed by atoms with Crippen LogP contribution in [0, 0.1) is 0 Å². The molecular weight excluding hydrogens is 218 g/mol. The van der Waals surface area contributed by atoms with E-state index in [1.54, 1.807) is 7.11 Å². The molecule has 1 aromatic rings. The van der Waals surface area contributed by atoms with Gasteiger partial charge in [0.2, 0.25) is 11.7 Å². The van der Waals surface area contributed by atoms with Crippen molar-refractivity contribution in [3.8, 4) is 0 Å². The normalized spacial score (nSPS) is 23.8. The highest BCUT2D eigenvalue weighted by atomic mass is 16.5. The molecule has 0 aliphatic carbocycles. The molecule has 0 radical (unpaired) electrons. The fraction of sp³-hybridized carbons (Fsp3) is 0.833. The van der Waals surface area contributed by atoms with Crippen molar-refractivity contribution in [2.24, 2.45) is 0 Å². The van der Waals surface area contributed by atoms with Crippen LogP contribution in [0.1, 0.15) is 44.8 Å². The fourth-order valence-corrected chi connectivity index (χ4v) is 2.09. The van der Waals surface area contributed by atoms with Crippen molar-refractivity contribution in [1.82, 2.24) is 15.5 Å². The number of hydrogen-bond donors (Lipinski definition) is 1. The van der Waals surface area contributed by atoms with Crippen LogP contribution >= 0.6 is 0 Å². The van der Waals surface area contributed by atoms with Crippen molar-refractivity contribution in [2.75, 3.05) is 13.7 Å². The highest BCUT2D eigenvalue weighted by Gasteiger charge is 2.30. The van der Waals surface area contributed by atoms with Gasteiger partial charge in [0.05, 0.1) is 0 Å². The predicted octanol–water partition coefficient (Wildman–Crippen LogP) is 1.64. The minimum atomic E-state index is -0.440. The van der Waals surface area contributed by atoms with Crippen molar-refractivity contribution in [3.63, 3.8) is 0 Å². The van der Waals surface area contributed by atoms with E-state index in [-0.39, 0.29) is 0 Å². The van der Waals surface area contributed by atoms with Gasteiger partial charge in [0, 0.05) is 19.6 Å². The first-order valence-electron chi connectivity index (χ1n) is 6.29. The van der Waals surface area contributed by atoms with Gasteiger partial charge in [-0.1, -0.05) is 12.1 Å². The van der Waals surface area contributed by atoms with Crippen molar-refractivity contribution in [2.45, 2.75) is 51.2 Å². The highest BCUT2D eigenvalue weighted by molar-refractivity contribution is 5.00. The predicted molar refractivity (Wildman–Crippen MR) is 63.7 cm³/mol. The maximum atomic E-state index is 5.46. The van der Waals surface area contributed by atoms with Gasteiger partial charge >= 0.3 is 0 Å². The quantitative estimate of drug-likeness (QED) is 0.846. The Morgan fingerprint density at radius 3 is 3.00 bits per heavy atom. The maximum absolute atomic E-state index is 5.46. The van der Waals surface area contributed by atoms with Gasteiger partial charge in [0.25, 0.3) is 0 Å². The zero-order valence-corrected chi connectivity index (χ0v) is 10.8. The third-order valence-corrected chi connectivity index (χ3v) is 3.65. The first kappa shape index (κ1) is 12.5. The molecule has 0 amide bonds. The van der Waals surface area contributed by atoms with E-state index in [1.165, 1.54) is 12.8 Å². The second kappa shape index (κ2) is 5.14. The third kappa shape index (κ3) is 2.66. The smallest absolute Gasteiger partial charge is 0.228 e. The fourth-order valence-electron chi connectivity index (χ4n) is 2.09. The maximum Gasteiger partial charge on any atom is 0.228 e. The second-order valence-electron chi connectivity index (χ2n) is 4.80. The van der Waals surface area contributed by atoms with Crippen molar-refractivity contribution >= 4 is 0 Å². The largest absolute Gasteiger partial charge is 0.370 e. The van der Waals surface area contributed by atoms with E-state index in [1.807, 2.05) is 6.92 Å². The molecule has 0 aromatic carbocycles. The Kier molecular flexibility index (Phi) is 3.79. The Morgan fingerprint density at radius 2 is 2.41 bits per heavy atom. The van der Waals surface area contributed by atoms with Gasteiger partial charge in [-0.3, -0.25) is 0 Å². The average molecular weight is 239 g/mol. The first-order valence-corrected chi connectivity index (χ1v) is 6.29. The van der Waals surface area contributed by atoms with E-state index < -0.39 is 5.60 Å². The molecule has 5 nitrogen and oxygen atoms in total. The molecule has 0 spiro atoms. The molecule has 2 atom stereocenters. The number of ether oxygens (including phenoxy) is 1. The number of nitrogens with zero attached hydrogens (tertiary/aromatic N) is 2. The van der Waals surface area contributed by atoms with E-state index in [0.717, 1.165) is 19.4 Å². The van der Waals surface area contributed by atoms with Crippen LogP contribution in [-0.2, 0) is 16.8 Å². The van der Waals surface area contributed by atoms with Gasteiger partial charge in [-0.15, -0.1) is 0 Å². The zero-order valence-electron chi connectivity index (χ0n) is 10.8. The molecule has 2 heterocycles. The average Bonchev–Trinajstić information content (AvgIpc) is 3.00. The number of nitrogens with one attached hydrogen (secondary N) is 1. The van der Waals surface area contributed by atoms with E-state index in [9.17, 15) is 0 Å². The summed E-state index contributed by atoms with van der Waals surface area (Å²) in [6.45, 7) is 5.13. The zero-order chi connectivity index (χ0) is 12.3. The molecule has 1 aromatic heterocycles. The van der Waals surface area contributed by atoms with Crippen LogP contribution in [0.25, 0.3) is 0 Å². The molecule has 0 bridgehead atoms. The van der Waals surface area contributed by atoms with Gasteiger partial charge in [-0.05, 0) is 32.7 Å². The molecule has 0 saturated carbocycles. The lowest BCUT2D eigenvalue weighted by atomic mass is 10.0. The van der Waals surface area contributed by atoms with Crippen molar-refractivity contribution in [3.05, 3.63) is 11.7 Å². The van der Waals surface area contributed by atoms with Crippen molar-refractivity contribution in [1.29, 1.82) is 0 Å². The second-order valence-corrected chi connectivity index (χ2v) is 4.80. The van der Waals surface area contributed by atoms with Crippen molar-refractivity contribution < 1.29 is 9.26 Å². The Hall–Kier alpha value is -0.940. The number of rotatable bonds is 5. The van der Waals surface area contributed by atoms with Gasteiger partial charge in [0.15, 0.2) is 0 Å². The summed E-state index contributed by atoms with van der Waals surface area (Å²) in [5.41, 5.74) is -0.440. The molecule has 2 rings (SSSR count). The van der Waals surface area contributed by atoms with Gasteiger partial charge < -0.3 is 14.6 Å². The molecule has 1 N–H and O–H groups in total. The number of aromatic nitrogens is 2. The van der Waals surface area contributed by atoms with E-state index in [2.05, 4.69) is 22.4 Å². The number of methoxy groups -OCH3 is 1. The van der Waals surface area contributed by atoms with Gasteiger partial charge in [0.1, 0.15) is 5.60 Å². The molecular formula is C12H21N3O2. The summed E-state index contributed by atoms with van der Waals surface area (Å²) in [4.78, 5) is 4.44. The summed E-state index contributed by atoms with van der Waals surface area (Å²) in [6, 6.07) is 0.485. The first-order chi connectivity index (χ1) is 8.18. The Bertz CT molecular complexity index is 354. The Labute approximate surface area is 102 Å². The van der Waals surface area contributed by atoms with Crippen LogP contribution < -0.4 is 5.32 Å². The summed E-state index contributed by atoms with van der Waals surface area (Å²) in [7, 11) is 1.68. The lowest BCUT2D eigenvalue weighted by Gasteiger charge is -2.21. The lowest BCUT2D eigenvalue weighted by molar-refractivity contribution is -0.0106. The monoisotopic (exact) mass is 239 g/mol. The van der Waals surface area contributed by atoms with Crippen LogP contribution in [0.2, 0.25) is 0 Å². The lowest BCUT2D eigenvalue weighted by Crippen LogP contribution is -2.26. The summed E-state index contributed by atoms with van der Waals surface area (Å²) >= 11 is 0. The van der Waals surface area contributed by atoms with E-state index >= 15 is 0 Å². The minimum absolute atomic E-state index is 0.440.